The molecule has 0 amide bonds. The highest BCUT2D eigenvalue weighted by atomic mass is 16.6. The Kier molecular flexibility index (Phi) is 6.63. The van der Waals surface area contributed by atoms with Gasteiger partial charge in [0.1, 0.15) is 11.4 Å². The average Bonchev–Trinajstić information content (AvgIpc) is 2.43. The molecule has 0 bridgehead atoms. The molecule has 20 heavy (non-hydrogen) atoms. The van der Waals surface area contributed by atoms with E-state index in [1.54, 1.807) is 24.4 Å². The predicted octanol–water partition coefficient (Wildman–Crippen LogP) is 2.16. The number of hydroxylamine groups is 1. The van der Waals surface area contributed by atoms with Crippen molar-refractivity contribution in [2.75, 3.05) is 32.2 Å². The Labute approximate surface area is 117 Å². The number of nitrogens with zero attached hydrogens (tertiary/aromatic N) is 2. The fourth-order valence-corrected chi connectivity index (χ4v) is 1.33. The molecule has 1 rings (SSSR count). The van der Waals surface area contributed by atoms with Gasteiger partial charge < -0.3 is 16.2 Å². The highest BCUT2D eigenvalue weighted by molar-refractivity contribution is 5.73. The Hall–Kier alpha value is -2.54. The molecule has 5 N–H and O–H groups in total. The number of azo groups is 1. The third-order valence-corrected chi connectivity index (χ3v) is 2.27. The number of allylic oxidation sites excluding steroid dienone is 2. The number of anilines is 2. The number of nitrogens with one attached hydrogen (secondary N) is 1. The van der Waals surface area contributed by atoms with Crippen LogP contribution in [0.3, 0.4) is 0 Å². The van der Waals surface area contributed by atoms with Crippen molar-refractivity contribution in [2.24, 2.45) is 10.2 Å². The molecule has 0 saturated heterocycles. The molecule has 1 aromatic carbocycles. The van der Waals surface area contributed by atoms with Crippen molar-refractivity contribution in [3.05, 3.63) is 36.6 Å². The minimum atomic E-state index is 0.434. The largest absolute Gasteiger partial charge is 0.495 e. The summed E-state index contributed by atoms with van der Waals surface area (Å²) >= 11 is 0. The van der Waals surface area contributed by atoms with E-state index in [9.17, 15) is 0 Å². The number of benzene rings is 1. The minimum absolute atomic E-state index is 0.434. The molecule has 0 radical (unpaired) electrons. The third-order valence-electron chi connectivity index (χ3n) is 2.27. The number of nitrogen functional groups attached to an aromatic ring is 2. The van der Waals surface area contributed by atoms with E-state index in [0.717, 1.165) is 0 Å². The lowest BCUT2D eigenvalue weighted by Crippen LogP contribution is -1.99. The number of hydrogen-bond donors (Lipinski definition) is 3. The van der Waals surface area contributed by atoms with Crippen LogP contribution in [0.15, 0.2) is 46.8 Å². The smallest absolute Gasteiger partial charge is 0.144 e. The van der Waals surface area contributed by atoms with E-state index in [4.69, 9.17) is 16.2 Å². The Morgan fingerprint density at radius 3 is 2.70 bits per heavy atom. The number of nitrogens with two attached hydrogens (primary N) is 2. The Morgan fingerprint density at radius 2 is 2.00 bits per heavy atom. The third kappa shape index (κ3) is 4.99. The standard InChI is InChI=1S/C13H19N5O2/c1-19-13-9-12(10(14)8-11(13)15)18-16-6-4-3-5-7-17-20-2/h3-5,7-9,17H,6,14-15H2,1-2H3/b4-3-,7-5-,18-16?. The molecule has 0 aromatic heterocycles. The van der Waals surface area contributed by atoms with E-state index in [1.165, 1.54) is 14.2 Å². The molecule has 0 fully saturated rings. The van der Waals surface area contributed by atoms with Crippen LogP contribution in [0, 0.1) is 0 Å². The summed E-state index contributed by atoms with van der Waals surface area (Å²) in [4.78, 5) is 4.62. The van der Waals surface area contributed by atoms with Crippen molar-refractivity contribution in [2.45, 2.75) is 0 Å². The van der Waals surface area contributed by atoms with Crippen LogP contribution in [0.25, 0.3) is 0 Å². The highest BCUT2D eigenvalue weighted by Crippen LogP contribution is 2.32. The molecule has 7 heteroatoms. The molecule has 1 aromatic rings. The van der Waals surface area contributed by atoms with Gasteiger partial charge in [-0.3, -0.25) is 10.3 Å². The summed E-state index contributed by atoms with van der Waals surface area (Å²) in [5.41, 5.74) is 15.5. The van der Waals surface area contributed by atoms with E-state index in [-0.39, 0.29) is 0 Å². The molecule has 0 saturated carbocycles. The van der Waals surface area contributed by atoms with Gasteiger partial charge in [0, 0.05) is 12.3 Å². The quantitative estimate of drug-likeness (QED) is 0.306. The van der Waals surface area contributed by atoms with E-state index in [1.807, 2.05) is 12.2 Å². The van der Waals surface area contributed by atoms with Gasteiger partial charge in [0.25, 0.3) is 0 Å². The van der Waals surface area contributed by atoms with Crippen LogP contribution in [0.2, 0.25) is 0 Å². The molecular weight excluding hydrogens is 258 g/mol. The van der Waals surface area contributed by atoms with Crippen molar-refractivity contribution >= 4 is 17.1 Å². The van der Waals surface area contributed by atoms with Crippen LogP contribution in [0.4, 0.5) is 17.1 Å². The maximum atomic E-state index is 5.80. The van der Waals surface area contributed by atoms with Crippen molar-refractivity contribution in [1.29, 1.82) is 0 Å². The van der Waals surface area contributed by atoms with Crippen LogP contribution in [0.1, 0.15) is 0 Å². The van der Waals surface area contributed by atoms with E-state index >= 15 is 0 Å². The van der Waals surface area contributed by atoms with Crippen molar-refractivity contribution in [1.82, 2.24) is 5.48 Å². The maximum absolute atomic E-state index is 5.80. The molecular formula is C13H19N5O2. The average molecular weight is 277 g/mol. The molecule has 108 valence electrons. The van der Waals surface area contributed by atoms with Gasteiger partial charge in [-0.1, -0.05) is 12.2 Å². The van der Waals surface area contributed by atoms with Crippen LogP contribution in [0.5, 0.6) is 5.75 Å². The number of hydrogen-bond acceptors (Lipinski definition) is 7. The Bertz CT molecular complexity index is 512. The van der Waals surface area contributed by atoms with Crippen LogP contribution in [-0.2, 0) is 4.84 Å². The molecule has 7 nitrogen and oxygen atoms in total. The van der Waals surface area contributed by atoms with E-state index in [0.29, 0.717) is 29.4 Å². The van der Waals surface area contributed by atoms with Gasteiger partial charge in [0.05, 0.1) is 32.1 Å². The fraction of sp³-hybridized carbons (Fsp3) is 0.231. The first-order valence-corrected chi connectivity index (χ1v) is 5.89. The second-order valence-corrected chi connectivity index (χ2v) is 3.69. The summed E-state index contributed by atoms with van der Waals surface area (Å²) in [6.07, 6.45) is 7.08. The summed E-state index contributed by atoms with van der Waals surface area (Å²) in [6, 6.07) is 3.25. The Balaban J connectivity index is 2.58. The second kappa shape index (κ2) is 8.54. The zero-order valence-corrected chi connectivity index (χ0v) is 11.5. The first kappa shape index (κ1) is 15.5. The summed E-state index contributed by atoms with van der Waals surface area (Å²) in [6.45, 7) is 0.434. The number of rotatable bonds is 7. The zero-order chi connectivity index (χ0) is 14.8. The molecule has 0 heterocycles. The maximum Gasteiger partial charge on any atom is 0.144 e. The topological polar surface area (TPSA) is 107 Å². The van der Waals surface area contributed by atoms with Gasteiger partial charge >= 0.3 is 0 Å². The van der Waals surface area contributed by atoms with Crippen molar-refractivity contribution in [3.63, 3.8) is 0 Å². The SMILES string of the molecule is CON/C=C\C=C/CN=Nc1cc(OC)c(N)cc1N. The predicted molar refractivity (Wildman–Crippen MR) is 79.6 cm³/mol. The monoisotopic (exact) mass is 277 g/mol. The van der Waals surface area contributed by atoms with Gasteiger partial charge in [-0.25, -0.2) is 0 Å². The summed E-state index contributed by atoms with van der Waals surface area (Å²) in [5.74, 6) is 0.525. The molecule has 0 unspecified atom stereocenters. The number of ether oxygens (including phenoxy) is 1. The summed E-state index contributed by atoms with van der Waals surface area (Å²) in [7, 11) is 3.07. The lowest BCUT2D eigenvalue weighted by Gasteiger charge is -2.06. The van der Waals surface area contributed by atoms with Gasteiger partial charge in [0.2, 0.25) is 0 Å². The van der Waals surface area contributed by atoms with E-state index in [2.05, 4.69) is 20.5 Å². The van der Waals surface area contributed by atoms with Crippen LogP contribution >= 0.6 is 0 Å². The van der Waals surface area contributed by atoms with Crippen molar-refractivity contribution < 1.29 is 9.57 Å². The van der Waals surface area contributed by atoms with Crippen molar-refractivity contribution in [3.8, 4) is 5.75 Å². The van der Waals surface area contributed by atoms with Crippen LogP contribution < -0.4 is 21.7 Å². The van der Waals surface area contributed by atoms with Gasteiger partial charge in [-0.2, -0.15) is 10.2 Å². The lowest BCUT2D eigenvalue weighted by molar-refractivity contribution is 0.128. The molecule has 0 aliphatic rings. The molecule has 0 spiro atoms. The summed E-state index contributed by atoms with van der Waals surface area (Å²) < 4.78 is 5.10. The normalized spacial score (nSPS) is 11.7. The highest BCUT2D eigenvalue weighted by Gasteiger charge is 2.05. The van der Waals surface area contributed by atoms with Crippen LogP contribution in [-0.4, -0.2) is 20.8 Å². The molecule has 0 aliphatic heterocycles. The first-order chi connectivity index (χ1) is 9.69. The van der Waals surface area contributed by atoms with Gasteiger partial charge in [0.15, 0.2) is 0 Å². The van der Waals surface area contributed by atoms with E-state index < -0.39 is 0 Å². The molecule has 0 atom stereocenters. The molecule has 0 aliphatic carbocycles. The number of methoxy groups -OCH3 is 1. The Morgan fingerprint density at radius 1 is 1.20 bits per heavy atom. The van der Waals surface area contributed by atoms with Gasteiger partial charge in [-0.05, 0) is 12.1 Å². The zero-order valence-electron chi connectivity index (χ0n) is 11.5. The minimum Gasteiger partial charge on any atom is -0.495 e. The lowest BCUT2D eigenvalue weighted by atomic mass is 10.2. The summed E-state index contributed by atoms with van der Waals surface area (Å²) in [5, 5.41) is 8.04. The van der Waals surface area contributed by atoms with Gasteiger partial charge in [-0.15, -0.1) is 0 Å². The first-order valence-electron chi connectivity index (χ1n) is 5.89. The fourth-order valence-electron chi connectivity index (χ4n) is 1.33. The second-order valence-electron chi connectivity index (χ2n) is 3.69.